The molecule has 110 valence electrons. The molecule has 0 spiro atoms. The fourth-order valence-electron chi connectivity index (χ4n) is 1.88. The van der Waals surface area contributed by atoms with E-state index in [1.165, 1.54) is 12.1 Å². The first kappa shape index (κ1) is 18.5. The van der Waals surface area contributed by atoms with Crippen LogP contribution in [0.1, 0.15) is 26.4 Å². The van der Waals surface area contributed by atoms with Crippen LogP contribution in [0.25, 0.3) is 5.69 Å². The Hall–Kier alpha value is -1.52. The summed E-state index contributed by atoms with van der Waals surface area (Å²) in [5.74, 6) is -3.41. The minimum absolute atomic E-state index is 0. The van der Waals surface area contributed by atoms with Gasteiger partial charge in [0.05, 0.1) is 5.69 Å². The normalized spacial score (nSPS) is 9.86. The summed E-state index contributed by atoms with van der Waals surface area (Å²) >= 11 is 0. The van der Waals surface area contributed by atoms with Gasteiger partial charge in [-0.2, -0.15) is 0 Å². The molecule has 0 aliphatic heterocycles. The number of hydrogen-bond donors (Lipinski definition) is 3. The van der Waals surface area contributed by atoms with E-state index < -0.39 is 34.4 Å². The monoisotopic (exact) mass is 330 g/mol. The molecule has 0 bridgehead atoms. The average Bonchev–Trinajstić information content (AvgIpc) is 2.38. The number of nitrogens with zero attached hydrogens (tertiary/aromatic N) is 1. The van der Waals surface area contributed by atoms with Crippen LogP contribution in [-0.2, 0) is 0 Å². The van der Waals surface area contributed by atoms with Crippen molar-refractivity contribution in [3.8, 4) is 5.69 Å². The summed E-state index contributed by atoms with van der Waals surface area (Å²) in [7, 11) is 0. The number of H-pyrrole nitrogens is 1. The van der Waals surface area contributed by atoms with Gasteiger partial charge >= 0.3 is 69.0 Å². The van der Waals surface area contributed by atoms with Crippen LogP contribution >= 0.6 is 0 Å². The maximum absolute atomic E-state index is 11.9. The topological polar surface area (TPSA) is 129 Å². The maximum atomic E-state index is 11.9. The summed E-state index contributed by atoms with van der Waals surface area (Å²) in [6.45, 7) is 1.79. The summed E-state index contributed by atoms with van der Waals surface area (Å²) in [4.78, 5) is 47.6. The van der Waals surface area contributed by atoms with Crippen molar-refractivity contribution in [1.82, 2.24) is 9.55 Å². The minimum atomic E-state index is -1.73. The van der Waals surface area contributed by atoms with Crippen molar-refractivity contribution in [2.24, 2.45) is 0 Å². The predicted octanol–water partition coefficient (Wildman–Crippen LogP) is -0.418. The molecule has 3 N–H and O–H groups in total. The molecule has 0 atom stereocenters. The fraction of sp³-hybridized carbons (Fsp3) is 0.0769. The number of carbonyl (C=O) groups is 2. The van der Waals surface area contributed by atoms with Gasteiger partial charge in [-0.3, -0.25) is 14.3 Å². The van der Waals surface area contributed by atoms with Crippen molar-refractivity contribution in [2.75, 3.05) is 0 Å². The van der Waals surface area contributed by atoms with E-state index in [0.29, 0.717) is 4.57 Å². The van der Waals surface area contributed by atoms with Crippen LogP contribution in [0.3, 0.4) is 0 Å². The number of aryl methyl sites for hydroxylation is 1. The molecule has 0 aliphatic rings. The van der Waals surface area contributed by atoms with Crippen molar-refractivity contribution in [1.29, 1.82) is 0 Å². The number of rotatable bonds is 3. The molecule has 22 heavy (non-hydrogen) atoms. The Morgan fingerprint density at radius 3 is 2.05 bits per heavy atom. The van der Waals surface area contributed by atoms with Crippen LogP contribution in [-0.4, -0.2) is 83.1 Å². The number of aromatic amines is 1. The molecule has 1 aromatic heterocycles. The second kappa shape index (κ2) is 7.16. The van der Waals surface area contributed by atoms with Crippen LogP contribution in [0.2, 0.25) is 0 Å². The second-order valence-electron chi connectivity index (χ2n) is 4.26. The molecular weight excluding hydrogens is 319 g/mol. The zero-order chi connectivity index (χ0) is 15.7. The molecule has 8 nitrogen and oxygen atoms in total. The number of benzene rings is 1. The van der Waals surface area contributed by atoms with Crippen LogP contribution < -0.4 is 11.2 Å². The van der Waals surface area contributed by atoms with Crippen LogP contribution in [0.4, 0.5) is 0 Å². The molecule has 2 rings (SSSR count). The number of hydrogen-bond acceptors (Lipinski definition) is 4. The Balaban J connectivity index is 0.00000242. The van der Waals surface area contributed by atoms with Gasteiger partial charge in [0.25, 0.3) is 5.56 Å². The van der Waals surface area contributed by atoms with Gasteiger partial charge in [0, 0.05) is 0 Å². The van der Waals surface area contributed by atoms with Crippen molar-refractivity contribution in [2.45, 2.75) is 6.92 Å². The SMILES string of the molecule is Cc1ccc(-n2c(C(=O)O)c(C(=O)O)c(=O)[nH]c2=O)cc1.[KH]. The van der Waals surface area contributed by atoms with Gasteiger partial charge < -0.3 is 10.2 Å². The Morgan fingerprint density at radius 1 is 1.05 bits per heavy atom. The quantitative estimate of drug-likeness (QED) is 0.656. The van der Waals surface area contributed by atoms with Gasteiger partial charge in [0.15, 0.2) is 11.3 Å². The van der Waals surface area contributed by atoms with Crippen LogP contribution in [0, 0.1) is 6.92 Å². The Labute approximate surface area is 165 Å². The van der Waals surface area contributed by atoms with Gasteiger partial charge in [-0.25, -0.2) is 14.4 Å². The zero-order valence-electron chi connectivity index (χ0n) is 10.8. The molecule has 1 aromatic carbocycles. The zero-order valence-corrected chi connectivity index (χ0v) is 10.8. The number of carboxylic acids is 2. The van der Waals surface area contributed by atoms with E-state index in [1.54, 1.807) is 24.0 Å². The molecule has 0 radical (unpaired) electrons. The molecule has 0 amide bonds. The molecular formula is C13H11KN2O6. The average molecular weight is 330 g/mol. The molecule has 0 unspecified atom stereocenters. The Morgan fingerprint density at radius 2 is 1.59 bits per heavy atom. The third-order valence-electron chi connectivity index (χ3n) is 2.82. The molecule has 2 aromatic rings. The molecule has 1 heterocycles. The van der Waals surface area contributed by atoms with E-state index in [-0.39, 0.29) is 57.1 Å². The number of aromatic nitrogens is 2. The summed E-state index contributed by atoms with van der Waals surface area (Å²) in [6, 6.07) is 6.15. The fourth-order valence-corrected chi connectivity index (χ4v) is 1.88. The number of nitrogens with one attached hydrogen (secondary N) is 1. The van der Waals surface area contributed by atoms with E-state index in [2.05, 4.69) is 0 Å². The van der Waals surface area contributed by atoms with Crippen LogP contribution in [0.15, 0.2) is 33.9 Å². The summed E-state index contributed by atoms with van der Waals surface area (Å²) in [5, 5.41) is 18.2. The summed E-state index contributed by atoms with van der Waals surface area (Å²) in [5.41, 5.74) is -3.16. The first-order valence-electron chi connectivity index (χ1n) is 5.76. The molecule has 9 heteroatoms. The second-order valence-corrected chi connectivity index (χ2v) is 4.26. The standard InChI is InChI=1S/C13H10N2O6.K.H/c1-6-2-4-7(5-3-6)15-9(12(19)20)8(11(17)18)10(16)14-13(15)21;;/h2-5H,1H3,(H,17,18)(H,19,20)(H,14,16,21);;. The van der Waals surface area contributed by atoms with Gasteiger partial charge in [-0.1, -0.05) is 17.7 Å². The van der Waals surface area contributed by atoms with E-state index in [1.807, 2.05) is 0 Å². The first-order chi connectivity index (χ1) is 9.82. The van der Waals surface area contributed by atoms with Crippen molar-refractivity contribution < 1.29 is 19.8 Å². The van der Waals surface area contributed by atoms with E-state index in [4.69, 9.17) is 5.11 Å². The van der Waals surface area contributed by atoms with Crippen LogP contribution in [0.5, 0.6) is 0 Å². The summed E-state index contributed by atoms with van der Waals surface area (Å²) in [6.07, 6.45) is 0. The van der Waals surface area contributed by atoms with Gasteiger partial charge in [-0.15, -0.1) is 0 Å². The number of aromatic carboxylic acids is 2. The van der Waals surface area contributed by atoms with Crippen molar-refractivity contribution in [3.05, 3.63) is 61.9 Å². The Bertz CT molecular complexity index is 850. The van der Waals surface area contributed by atoms with Gasteiger partial charge in [-0.05, 0) is 19.1 Å². The van der Waals surface area contributed by atoms with Gasteiger partial charge in [0.2, 0.25) is 0 Å². The van der Waals surface area contributed by atoms with Crippen molar-refractivity contribution >= 4 is 63.3 Å². The third kappa shape index (κ3) is 3.44. The van der Waals surface area contributed by atoms with Gasteiger partial charge in [0.1, 0.15) is 0 Å². The Kier molecular flexibility index (Phi) is 6.03. The number of carboxylic acid groups (broad SMARTS) is 2. The predicted molar refractivity (Wildman–Crippen MR) is 78.5 cm³/mol. The van der Waals surface area contributed by atoms with E-state index in [9.17, 15) is 24.3 Å². The summed E-state index contributed by atoms with van der Waals surface area (Å²) < 4.78 is 0.645. The molecule has 0 fully saturated rings. The third-order valence-corrected chi connectivity index (χ3v) is 2.82. The van der Waals surface area contributed by atoms with E-state index in [0.717, 1.165) is 5.56 Å². The van der Waals surface area contributed by atoms with Crippen molar-refractivity contribution in [3.63, 3.8) is 0 Å². The first-order valence-corrected chi connectivity index (χ1v) is 5.76. The van der Waals surface area contributed by atoms with E-state index >= 15 is 0 Å². The molecule has 0 saturated heterocycles. The molecule has 0 aliphatic carbocycles. The molecule has 0 saturated carbocycles.